The molecule has 196 valence electrons. The molecule has 8 nitrogen and oxygen atoms in total. The number of aliphatic hydroxyl groups excluding tert-OH is 2. The molecule has 2 aliphatic rings. The molecule has 3 N–H and O–H groups in total. The molecule has 1 saturated heterocycles. The molecule has 3 aromatic rings. The second-order valence-electron chi connectivity index (χ2n) is 9.22. The molecule has 1 aromatic carbocycles. The van der Waals surface area contributed by atoms with Crippen LogP contribution < -0.4 is 15.6 Å². The predicted molar refractivity (Wildman–Crippen MR) is 127 cm³/mol. The lowest BCUT2D eigenvalue weighted by Crippen LogP contribution is -2.48. The summed E-state index contributed by atoms with van der Waals surface area (Å²) in [4.78, 5) is 32.2. The minimum atomic E-state index is -4.71. The molecule has 1 aliphatic heterocycles. The third-order valence-electron chi connectivity index (χ3n) is 6.57. The number of aliphatic hydroxyl groups is 2. The predicted octanol–water partition coefficient (Wildman–Crippen LogP) is 2.79. The number of fused-ring (bicyclic) bond motifs is 1. The number of nitrogens with zero attached hydrogens (tertiary/aromatic N) is 3. The first-order valence-electron chi connectivity index (χ1n) is 11.4. The first-order chi connectivity index (χ1) is 17.5. The molecule has 5 rings (SSSR count). The van der Waals surface area contributed by atoms with Gasteiger partial charge < -0.3 is 20.4 Å². The normalized spacial score (nSPS) is 20.9. The van der Waals surface area contributed by atoms with E-state index in [0.29, 0.717) is 12.8 Å². The van der Waals surface area contributed by atoms with E-state index in [-0.39, 0.29) is 40.7 Å². The number of β-amino-alcohol motifs (C(OH)–C–C–N with tert-alkyl or cyclic N) is 2. The highest BCUT2D eigenvalue weighted by Gasteiger charge is 2.50. The number of carbonyl (C=O) groups excluding carboxylic acids is 1. The first kappa shape index (κ1) is 25.4. The van der Waals surface area contributed by atoms with Crippen LogP contribution in [0.1, 0.15) is 23.2 Å². The highest BCUT2D eigenvalue weighted by atomic mass is 35.5. The Bertz CT molecular complexity index is 1410. The fraction of sp³-hybridized carbons (Fsp3) is 0.375. The van der Waals surface area contributed by atoms with E-state index in [1.807, 2.05) is 5.32 Å². The SMILES string of the molecule is O=C(N[C@@H](C1CC1)C(F)(F)F)c1cn(-c2c(F)cccc2Cl)c2nc(N3C[C@@H](O)[C@H](O)C3)ccc2c1=O. The van der Waals surface area contributed by atoms with Gasteiger partial charge in [0.1, 0.15) is 28.9 Å². The summed E-state index contributed by atoms with van der Waals surface area (Å²) in [7, 11) is 0. The van der Waals surface area contributed by atoms with Crippen LogP contribution in [0, 0.1) is 11.7 Å². The summed E-state index contributed by atoms with van der Waals surface area (Å²) in [5.74, 6) is -2.61. The van der Waals surface area contributed by atoms with E-state index in [0.717, 1.165) is 16.8 Å². The molecule has 0 unspecified atom stereocenters. The van der Waals surface area contributed by atoms with Crippen LogP contribution in [-0.4, -0.2) is 63.2 Å². The van der Waals surface area contributed by atoms with Crippen molar-refractivity contribution in [2.45, 2.75) is 37.3 Å². The van der Waals surface area contributed by atoms with E-state index in [2.05, 4.69) is 4.98 Å². The number of hydrogen-bond acceptors (Lipinski definition) is 6. The van der Waals surface area contributed by atoms with Gasteiger partial charge in [0.05, 0.1) is 22.6 Å². The lowest BCUT2D eigenvalue weighted by molar-refractivity contribution is -0.158. The quantitative estimate of drug-likeness (QED) is 0.430. The summed E-state index contributed by atoms with van der Waals surface area (Å²) in [5, 5.41) is 21.5. The van der Waals surface area contributed by atoms with Gasteiger partial charge in [0, 0.05) is 19.3 Å². The van der Waals surface area contributed by atoms with Crippen LogP contribution in [0.15, 0.2) is 41.3 Å². The van der Waals surface area contributed by atoms with Crippen molar-refractivity contribution < 1.29 is 32.6 Å². The average Bonchev–Trinajstić information content (AvgIpc) is 3.61. The smallest absolute Gasteiger partial charge is 0.389 e. The number of rotatable bonds is 5. The topological polar surface area (TPSA) is 108 Å². The lowest BCUT2D eigenvalue weighted by atomic mass is 10.1. The zero-order valence-corrected chi connectivity index (χ0v) is 19.8. The largest absolute Gasteiger partial charge is 0.408 e. The Labute approximate surface area is 212 Å². The van der Waals surface area contributed by atoms with E-state index in [4.69, 9.17) is 11.6 Å². The van der Waals surface area contributed by atoms with Crippen molar-refractivity contribution in [3.63, 3.8) is 0 Å². The molecule has 1 saturated carbocycles. The third kappa shape index (κ3) is 4.76. The minimum Gasteiger partial charge on any atom is -0.389 e. The fourth-order valence-electron chi connectivity index (χ4n) is 4.49. The number of alkyl halides is 3. The Morgan fingerprint density at radius 1 is 1.14 bits per heavy atom. The number of para-hydroxylation sites is 1. The number of pyridine rings is 2. The van der Waals surface area contributed by atoms with Crippen LogP contribution in [0.25, 0.3) is 16.7 Å². The Morgan fingerprint density at radius 2 is 1.81 bits per heavy atom. The van der Waals surface area contributed by atoms with Crippen LogP contribution in [0.5, 0.6) is 0 Å². The Kier molecular flexibility index (Phi) is 6.37. The van der Waals surface area contributed by atoms with Gasteiger partial charge in [0.2, 0.25) is 5.43 Å². The summed E-state index contributed by atoms with van der Waals surface area (Å²) in [5.41, 5.74) is -1.91. The molecule has 2 aromatic heterocycles. The van der Waals surface area contributed by atoms with Crippen molar-refractivity contribution in [3.05, 3.63) is 63.2 Å². The molecule has 3 atom stereocenters. The first-order valence-corrected chi connectivity index (χ1v) is 11.8. The van der Waals surface area contributed by atoms with E-state index < -0.39 is 53.1 Å². The number of halogens is 5. The maximum atomic E-state index is 14.9. The number of carbonyl (C=O) groups is 1. The van der Waals surface area contributed by atoms with Gasteiger partial charge in [-0.1, -0.05) is 17.7 Å². The summed E-state index contributed by atoms with van der Waals surface area (Å²) in [6.45, 7) is 0.0929. The molecular formula is C24H21ClF4N4O4. The highest BCUT2D eigenvalue weighted by Crippen LogP contribution is 2.40. The van der Waals surface area contributed by atoms with Crippen molar-refractivity contribution in [1.29, 1.82) is 0 Å². The maximum absolute atomic E-state index is 14.9. The van der Waals surface area contributed by atoms with Crippen LogP contribution >= 0.6 is 11.6 Å². The van der Waals surface area contributed by atoms with Gasteiger partial charge in [-0.25, -0.2) is 9.37 Å². The van der Waals surface area contributed by atoms with E-state index in [1.54, 1.807) is 4.90 Å². The van der Waals surface area contributed by atoms with Gasteiger partial charge in [-0.2, -0.15) is 13.2 Å². The molecule has 1 amide bonds. The van der Waals surface area contributed by atoms with Gasteiger partial charge in [0.15, 0.2) is 5.65 Å². The molecule has 37 heavy (non-hydrogen) atoms. The van der Waals surface area contributed by atoms with Gasteiger partial charge in [0.25, 0.3) is 5.91 Å². The maximum Gasteiger partial charge on any atom is 0.408 e. The van der Waals surface area contributed by atoms with E-state index in [9.17, 15) is 37.4 Å². The number of amides is 1. The standard InChI is InChI=1S/C24H21ClF4N4O4/c25-14-2-1-3-15(26)19(14)33-8-13(23(37)31-21(11-4-5-11)24(27,28)29)20(36)12-6-7-18(30-22(12)33)32-9-16(34)17(35)10-32/h1-3,6-8,11,16-17,21,34-35H,4-5,9-10H2,(H,31,37)/t16-,17-,21+/m1/s1. The summed E-state index contributed by atoms with van der Waals surface area (Å²) >= 11 is 6.24. The van der Waals surface area contributed by atoms with Crippen LogP contribution in [-0.2, 0) is 0 Å². The Morgan fingerprint density at radius 3 is 2.41 bits per heavy atom. The molecule has 0 bridgehead atoms. The fourth-order valence-corrected chi connectivity index (χ4v) is 4.75. The zero-order valence-electron chi connectivity index (χ0n) is 19.0. The van der Waals surface area contributed by atoms with Gasteiger partial charge in [-0.05, 0) is 43.0 Å². The van der Waals surface area contributed by atoms with Crippen molar-refractivity contribution in [2.75, 3.05) is 18.0 Å². The minimum absolute atomic E-state index is 0.0465. The number of hydrogen-bond donors (Lipinski definition) is 3. The van der Waals surface area contributed by atoms with Gasteiger partial charge >= 0.3 is 6.18 Å². The van der Waals surface area contributed by atoms with E-state index in [1.165, 1.54) is 24.3 Å². The Balaban J connectivity index is 1.67. The Hall–Kier alpha value is -3.22. The summed E-state index contributed by atoms with van der Waals surface area (Å²) < 4.78 is 56.6. The molecule has 2 fully saturated rings. The lowest BCUT2D eigenvalue weighted by Gasteiger charge is -2.22. The van der Waals surface area contributed by atoms with Gasteiger partial charge in [-0.15, -0.1) is 0 Å². The molecule has 3 heterocycles. The summed E-state index contributed by atoms with van der Waals surface area (Å²) in [6.07, 6.45) is -5.24. The molecule has 0 radical (unpaired) electrons. The number of anilines is 1. The highest BCUT2D eigenvalue weighted by molar-refractivity contribution is 6.32. The van der Waals surface area contributed by atoms with Crippen LogP contribution in [0.4, 0.5) is 23.4 Å². The molecule has 0 spiro atoms. The van der Waals surface area contributed by atoms with Crippen molar-refractivity contribution >= 4 is 34.4 Å². The van der Waals surface area contributed by atoms with Crippen molar-refractivity contribution in [1.82, 2.24) is 14.9 Å². The number of benzene rings is 1. The molecule has 13 heteroatoms. The van der Waals surface area contributed by atoms with Crippen molar-refractivity contribution in [3.8, 4) is 5.69 Å². The van der Waals surface area contributed by atoms with Crippen LogP contribution in [0.3, 0.4) is 0 Å². The second kappa shape index (κ2) is 9.26. The average molecular weight is 541 g/mol. The second-order valence-corrected chi connectivity index (χ2v) is 9.63. The zero-order chi connectivity index (χ0) is 26.6. The monoisotopic (exact) mass is 540 g/mol. The summed E-state index contributed by atoms with van der Waals surface area (Å²) in [6, 6.07) is 4.40. The van der Waals surface area contributed by atoms with Gasteiger partial charge in [-0.3, -0.25) is 14.2 Å². The van der Waals surface area contributed by atoms with E-state index >= 15 is 0 Å². The molecule has 1 aliphatic carbocycles. The van der Waals surface area contributed by atoms with Crippen molar-refractivity contribution in [2.24, 2.45) is 5.92 Å². The van der Waals surface area contributed by atoms with Crippen LogP contribution in [0.2, 0.25) is 5.02 Å². The number of aromatic nitrogens is 2. The third-order valence-corrected chi connectivity index (χ3v) is 6.88. The molecular weight excluding hydrogens is 520 g/mol. The number of nitrogens with one attached hydrogen (secondary N) is 1.